The van der Waals surface area contributed by atoms with Crippen LogP contribution in [0.25, 0.3) is 10.9 Å². The average Bonchev–Trinajstić information content (AvgIpc) is 2.67. The van der Waals surface area contributed by atoms with Crippen molar-refractivity contribution in [3.8, 4) is 0 Å². The van der Waals surface area contributed by atoms with E-state index in [4.69, 9.17) is 11.5 Å². The smallest absolute Gasteiger partial charge is 0.130 e. The van der Waals surface area contributed by atoms with Gasteiger partial charge in [0.2, 0.25) is 0 Å². The molecule has 0 aliphatic carbocycles. The second-order valence-corrected chi connectivity index (χ2v) is 6.82. The number of anilines is 1. The van der Waals surface area contributed by atoms with Crippen molar-refractivity contribution < 1.29 is 5.11 Å². The third-order valence-corrected chi connectivity index (χ3v) is 5.23. The maximum absolute atomic E-state index is 9.81. The van der Waals surface area contributed by atoms with Crippen molar-refractivity contribution >= 4 is 16.6 Å². The highest BCUT2D eigenvalue weighted by molar-refractivity contribution is 5.93. The second-order valence-electron chi connectivity index (χ2n) is 6.82. The minimum absolute atomic E-state index is 0.0469. The van der Waals surface area contributed by atoms with Crippen LogP contribution in [0.3, 0.4) is 0 Å². The van der Waals surface area contributed by atoms with Crippen molar-refractivity contribution in [2.24, 2.45) is 11.5 Å². The van der Waals surface area contributed by atoms with E-state index in [1.807, 2.05) is 18.2 Å². The molecule has 0 saturated carbocycles. The molecule has 0 amide bonds. The first kappa shape index (κ1) is 16.9. The van der Waals surface area contributed by atoms with Gasteiger partial charge in [-0.25, -0.2) is 9.97 Å². The van der Waals surface area contributed by atoms with Crippen LogP contribution >= 0.6 is 0 Å². The van der Waals surface area contributed by atoms with Crippen LogP contribution in [0, 0.1) is 0 Å². The fraction of sp³-hybridized carbons (Fsp3) is 0.300. The first-order chi connectivity index (χ1) is 12.6. The Morgan fingerprint density at radius 3 is 2.69 bits per heavy atom. The van der Waals surface area contributed by atoms with Gasteiger partial charge >= 0.3 is 0 Å². The normalized spacial score (nSPS) is 21.7. The Hall–Kier alpha value is -2.54. The van der Waals surface area contributed by atoms with E-state index in [1.54, 1.807) is 6.20 Å². The number of aliphatic hydroxyl groups excluding tert-OH is 1. The molecule has 5 N–H and O–H groups in total. The van der Waals surface area contributed by atoms with Gasteiger partial charge in [-0.15, -0.1) is 0 Å². The van der Waals surface area contributed by atoms with Gasteiger partial charge in [-0.2, -0.15) is 0 Å². The molecule has 2 heterocycles. The van der Waals surface area contributed by atoms with Crippen molar-refractivity contribution in [3.05, 3.63) is 66.1 Å². The van der Waals surface area contributed by atoms with Gasteiger partial charge in [-0.3, -0.25) is 0 Å². The molecule has 26 heavy (non-hydrogen) atoms. The Morgan fingerprint density at radius 2 is 1.96 bits per heavy atom. The summed E-state index contributed by atoms with van der Waals surface area (Å²) >= 11 is 0. The topological polar surface area (TPSA) is 101 Å². The summed E-state index contributed by atoms with van der Waals surface area (Å²) in [5.74, 6) is 0.361. The van der Waals surface area contributed by atoms with Crippen LogP contribution in [-0.2, 0) is 0 Å². The summed E-state index contributed by atoms with van der Waals surface area (Å²) in [6, 6.07) is 14.3. The lowest BCUT2D eigenvalue weighted by Crippen LogP contribution is -2.47. The first-order valence-electron chi connectivity index (χ1n) is 8.87. The quantitative estimate of drug-likeness (QED) is 0.624. The molecule has 1 fully saturated rings. The highest BCUT2D eigenvalue weighted by Crippen LogP contribution is 2.34. The van der Waals surface area contributed by atoms with Gasteiger partial charge in [0.05, 0.1) is 5.52 Å². The molecule has 6 heteroatoms. The Kier molecular flexibility index (Phi) is 4.55. The summed E-state index contributed by atoms with van der Waals surface area (Å²) in [5.41, 5.74) is 15.8. The zero-order valence-electron chi connectivity index (χ0n) is 14.5. The summed E-state index contributed by atoms with van der Waals surface area (Å²) in [7, 11) is 0. The molecule has 2 aromatic carbocycles. The Bertz CT molecular complexity index is 899. The van der Waals surface area contributed by atoms with Gasteiger partial charge in [-0.05, 0) is 18.1 Å². The number of rotatable bonds is 3. The molecule has 0 radical (unpaired) electrons. The number of piperidine rings is 1. The van der Waals surface area contributed by atoms with E-state index in [1.165, 1.54) is 11.9 Å². The summed E-state index contributed by atoms with van der Waals surface area (Å²) in [6.07, 6.45) is 3.18. The summed E-state index contributed by atoms with van der Waals surface area (Å²) < 4.78 is 0. The summed E-state index contributed by atoms with van der Waals surface area (Å²) in [4.78, 5) is 10.8. The molecule has 1 saturated heterocycles. The van der Waals surface area contributed by atoms with E-state index >= 15 is 0 Å². The van der Waals surface area contributed by atoms with Crippen LogP contribution in [0.2, 0.25) is 0 Å². The number of aliphatic hydroxyl groups is 1. The molecule has 1 aliphatic rings. The van der Waals surface area contributed by atoms with Gasteiger partial charge in [0.1, 0.15) is 12.6 Å². The maximum Gasteiger partial charge on any atom is 0.130 e. The standard InChI is InChI=1S/C20H23N5O/c21-17-11-25(9-8-14(17)13-4-2-1-3-5-13)18-7-6-15(20(22)26)19-16(18)10-23-12-24-19/h1-7,10,12,14,17,20,26H,8-9,11,21-22H2. The molecule has 3 unspecified atom stereocenters. The van der Waals surface area contributed by atoms with Crippen LogP contribution < -0.4 is 16.4 Å². The number of nitrogens with zero attached hydrogens (tertiary/aromatic N) is 3. The second kappa shape index (κ2) is 6.99. The molecule has 0 bridgehead atoms. The number of nitrogens with two attached hydrogens (primary N) is 2. The number of benzene rings is 2. The van der Waals surface area contributed by atoms with E-state index in [0.717, 1.165) is 30.6 Å². The van der Waals surface area contributed by atoms with Crippen LogP contribution in [0.1, 0.15) is 29.7 Å². The van der Waals surface area contributed by atoms with Crippen molar-refractivity contribution in [2.75, 3.05) is 18.0 Å². The number of hydrogen-bond acceptors (Lipinski definition) is 6. The van der Waals surface area contributed by atoms with E-state index in [-0.39, 0.29) is 6.04 Å². The largest absolute Gasteiger partial charge is 0.374 e. The van der Waals surface area contributed by atoms with E-state index < -0.39 is 6.23 Å². The molecule has 1 aliphatic heterocycles. The molecule has 134 valence electrons. The van der Waals surface area contributed by atoms with E-state index in [2.05, 4.69) is 39.1 Å². The van der Waals surface area contributed by atoms with Gasteiger partial charge in [0.15, 0.2) is 0 Å². The van der Waals surface area contributed by atoms with E-state index in [9.17, 15) is 5.11 Å². The minimum Gasteiger partial charge on any atom is -0.374 e. The molecule has 3 atom stereocenters. The fourth-order valence-corrected chi connectivity index (χ4v) is 3.91. The number of fused-ring (bicyclic) bond motifs is 1. The Balaban J connectivity index is 1.65. The first-order valence-corrected chi connectivity index (χ1v) is 8.87. The highest BCUT2D eigenvalue weighted by atomic mass is 16.3. The molecule has 0 spiro atoms. The third kappa shape index (κ3) is 3.03. The lowest BCUT2D eigenvalue weighted by molar-refractivity contribution is 0.187. The van der Waals surface area contributed by atoms with Crippen LogP contribution in [0.4, 0.5) is 5.69 Å². The lowest BCUT2D eigenvalue weighted by Gasteiger charge is -2.38. The molecular formula is C20H23N5O. The zero-order chi connectivity index (χ0) is 18.1. The fourth-order valence-electron chi connectivity index (χ4n) is 3.91. The van der Waals surface area contributed by atoms with Crippen molar-refractivity contribution in [1.82, 2.24) is 9.97 Å². The molecular weight excluding hydrogens is 326 g/mol. The third-order valence-electron chi connectivity index (χ3n) is 5.23. The van der Waals surface area contributed by atoms with Gasteiger partial charge in [0, 0.05) is 47.9 Å². The Labute approximate surface area is 152 Å². The monoisotopic (exact) mass is 349 g/mol. The predicted molar refractivity (Wildman–Crippen MR) is 103 cm³/mol. The minimum atomic E-state index is -1.06. The van der Waals surface area contributed by atoms with E-state index in [0.29, 0.717) is 17.0 Å². The van der Waals surface area contributed by atoms with Crippen LogP contribution in [-0.4, -0.2) is 34.2 Å². The molecule has 6 nitrogen and oxygen atoms in total. The number of hydrogen-bond donors (Lipinski definition) is 3. The SMILES string of the molecule is NC(O)c1ccc(N2CCC(c3ccccc3)C(N)C2)c2cncnc12. The summed E-state index contributed by atoms with van der Waals surface area (Å²) in [5, 5.41) is 10.7. The number of aromatic nitrogens is 2. The average molecular weight is 349 g/mol. The lowest BCUT2D eigenvalue weighted by atomic mass is 9.85. The van der Waals surface area contributed by atoms with Crippen molar-refractivity contribution in [1.29, 1.82) is 0 Å². The summed E-state index contributed by atoms with van der Waals surface area (Å²) in [6.45, 7) is 1.66. The van der Waals surface area contributed by atoms with Crippen molar-refractivity contribution in [3.63, 3.8) is 0 Å². The van der Waals surface area contributed by atoms with Gasteiger partial charge < -0.3 is 21.5 Å². The van der Waals surface area contributed by atoms with Crippen molar-refractivity contribution in [2.45, 2.75) is 24.6 Å². The van der Waals surface area contributed by atoms with Gasteiger partial charge in [0.25, 0.3) is 0 Å². The highest BCUT2D eigenvalue weighted by Gasteiger charge is 2.29. The maximum atomic E-state index is 9.81. The molecule has 3 aromatic rings. The van der Waals surface area contributed by atoms with Gasteiger partial charge in [-0.1, -0.05) is 36.4 Å². The molecule has 4 rings (SSSR count). The zero-order valence-corrected chi connectivity index (χ0v) is 14.5. The van der Waals surface area contributed by atoms with Crippen LogP contribution in [0.15, 0.2) is 55.0 Å². The Morgan fingerprint density at radius 1 is 1.15 bits per heavy atom. The molecule has 1 aromatic heterocycles. The predicted octanol–water partition coefficient (Wildman–Crippen LogP) is 1.90. The van der Waals surface area contributed by atoms with Crippen LogP contribution in [0.5, 0.6) is 0 Å².